The van der Waals surface area contributed by atoms with Gasteiger partial charge < -0.3 is 10.2 Å². The second-order valence-electron chi connectivity index (χ2n) is 6.20. The quantitative estimate of drug-likeness (QED) is 0.867. The zero-order valence-corrected chi connectivity index (χ0v) is 12.1. The van der Waals surface area contributed by atoms with Crippen molar-refractivity contribution in [2.75, 3.05) is 24.3 Å². The summed E-state index contributed by atoms with van der Waals surface area (Å²) in [7, 11) is 4.15. The Morgan fingerprint density at radius 3 is 2.00 bits per heavy atom. The molecule has 100 valence electrons. The molecule has 2 heteroatoms. The molecule has 2 nitrogen and oxygen atoms in total. The zero-order chi connectivity index (χ0) is 13.1. The second-order valence-corrected chi connectivity index (χ2v) is 6.20. The molecule has 2 rings (SSSR count). The molecule has 0 radical (unpaired) electrons. The van der Waals surface area contributed by atoms with Gasteiger partial charge in [-0.25, -0.2) is 0 Å². The van der Waals surface area contributed by atoms with Gasteiger partial charge in [-0.05, 0) is 55.4 Å². The van der Waals surface area contributed by atoms with E-state index in [2.05, 4.69) is 62.4 Å². The number of hydrogen-bond donors (Lipinski definition) is 1. The lowest BCUT2D eigenvalue weighted by Crippen LogP contribution is -2.30. The minimum atomic E-state index is 0.647. The summed E-state index contributed by atoms with van der Waals surface area (Å²) < 4.78 is 0. The van der Waals surface area contributed by atoms with Crippen molar-refractivity contribution < 1.29 is 0 Å². The molecule has 0 aromatic heterocycles. The van der Waals surface area contributed by atoms with E-state index in [-0.39, 0.29) is 0 Å². The Kier molecular flexibility index (Phi) is 4.15. The summed E-state index contributed by atoms with van der Waals surface area (Å²) in [6.07, 6.45) is 4.00. The molecule has 0 saturated heterocycles. The molecule has 1 aliphatic carbocycles. The Hall–Kier alpha value is -1.18. The Balaban J connectivity index is 1.96. The smallest absolute Gasteiger partial charge is 0.0362 e. The van der Waals surface area contributed by atoms with Crippen LogP contribution in [0.2, 0.25) is 0 Å². The van der Waals surface area contributed by atoms with Crippen LogP contribution in [0.25, 0.3) is 0 Å². The maximum absolute atomic E-state index is 3.69. The molecule has 1 aromatic carbocycles. The van der Waals surface area contributed by atoms with Gasteiger partial charge in [-0.15, -0.1) is 0 Å². The standard InChI is InChI=1S/C16H26N2/c1-12-9-13(2)11-15(10-12)17-14-5-7-16(8-6-14)18(3)4/h5-8,12-13,15,17H,9-11H2,1-4H3. The van der Waals surface area contributed by atoms with E-state index >= 15 is 0 Å². The third kappa shape index (κ3) is 3.41. The lowest BCUT2D eigenvalue weighted by atomic mass is 9.80. The average Bonchev–Trinajstić information content (AvgIpc) is 2.28. The van der Waals surface area contributed by atoms with Gasteiger partial charge in [0.25, 0.3) is 0 Å². The number of nitrogens with one attached hydrogen (secondary N) is 1. The number of hydrogen-bond acceptors (Lipinski definition) is 2. The fourth-order valence-corrected chi connectivity index (χ4v) is 3.16. The van der Waals surface area contributed by atoms with Crippen molar-refractivity contribution in [2.45, 2.75) is 39.2 Å². The van der Waals surface area contributed by atoms with Crippen molar-refractivity contribution in [3.05, 3.63) is 24.3 Å². The van der Waals surface area contributed by atoms with Gasteiger partial charge in [0.05, 0.1) is 0 Å². The second kappa shape index (κ2) is 5.64. The highest BCUT2D eigenvalue weighted by molar-refractivity contribution is 5.54. The molecule has 0 aliphatic heterocycles. The topological polar surface area (TPSA) is 15.3 Å². The molecule has 0 spiro atoms. The highest BCUT2D eigenvalue weighted by Crippen LogP contribution is 2.30. The predicted octanol–water partition coefficient (Wildman–Crippen LogP) is 3.99. The molecular formula is C16H26N2. The van der Waals surface area contributed by atoms with Crippen molar-refractivity contribution >= 4 is 11.4 Å². The highest BCUT2D eigenvalue weighted by atomic mass is 15.1. The summed E-state index contributed by atoms with van der Waals surface area (Å²) in [5, 5.41) is 3.69. The van der Waals surface area contributed by atoms with Gasteiger partial charge in [-0.3, -0.25) is 0 Å². The summed E-state index contributed by atoms with van der Waals surface area (Å²) in [6.45, 7) is 4.75. The summed E-state index contributed by atoms with van der Waals surface area (Å²) in [4.78, 5) is 2.13. The Labute approximate surface area is 111 Å². The van der Waals surface area contributed by atoms with E-state index in [1.54, 1.807) is 0 Å². The lowest BCUT2D eigenvalue weighted by Gasteiger charge is -2.32. The van der Waals surface area contributed by atoms with E-state index < -0.39 is 0 Å². The van der Waals surface area contributed by atoms with E-state index in [1.165, 1.54) is 30.6 Å². The molecule has 1 N–H and O–H groups in total. The van der Waals surface area contributed by atoms with Crippen LogP contribution in [0.15, 0.2) is 24.3 Å². The summed E-state index contributed by atoms with van der Waals surface area (Å²) in [5.41, 5.74) is 2.51. The average molecular weight is 246 g/mol. The van der Waals surface area contributed by atoms with Crippen LogP contribution in [0.5, 0.6) is 0 Å². The monoisotopic (exact) mass is 246 g/mol. The molecule has 1 aromatic rings. The van der Waals surface area contributed by atoms with Crippen LogP contribution < -0.4 is 10.2 Å². The van der Waals surface area contributed by atoms with E-state index in [4.69, 9.17) is 0 Å². The van der Waals surface area contributed by atoms with Crippen LogP contribution in [0.1, 0.15) is 33.1 Å². The summed E-state index contributed by atoms with van der Waals surface area (Å²) >= 11 is 0. The molecule has 18 heavy (non-hydrogen) atoms. The van der Waals surface area contributed by atoms with Crippen molar-refractivity contribution in [1.29, 1.82) is 0 Å². The van der Waals surface area contributed by atoms with Crippen LogP contribution in [-0.4, -0.2) is 20.1 Å². The third-order valence-corrected chi connectivity index (χ3v) is 3.93. The molecule has 1 saturated carbocycles. The van der Waals surface area contributed by atoms with Crippen LogP contribution in [0.3, 0.4) is 0 Å². The van der Waals surface area contributed by atoms with Crippen LogP contribution in [-0.2, 0) is 0 Å². The Morgan fingerprint density at radius 2 is 1.50 bits per heavy atom. The van der Waals surface area contributed by atoms with Crippen molar-refractivity contribution in [1.82, 2.24) is 0 Å². The molecule has 0 heterocycles. The largest absolute Gasteiger partial charge is 0.382 e. The minimum Gasteiger partial charge on any atom is -0.382 e. The van der Waals surface area contributed by atoms with Crippen molar-refractivity contribution in [3.63, 3.8) is 0 Å². The zero-order valence-electron chi connectivity index (χ0n) is 12.1. The van der Waals surface area contributed by atoms with Crippen molar-refractivity contribution in [3.8, 4) is 0 Å². The van der Waals surface area contributed by atoms with Gasteiger partial charge in [0.2, 0.25) is 0 Å². The first-order valence-electron chi connectivity index (χ1n) is 7.08. The highest BCUT2D eigenvalue weighted by Gasteiger charge is 2.23. The minimum absolute atomic E-state index is 0.647. The van der Waals surface area contributed by atoms with E-state index in [0.29, 0.717) is 6.04 Å². The molecule has 2 unspecified atom stereocenters. The fourth-order valence-electron chi connectivity index (χ4n) is 3.16. The fraction of sp³-hybridized carbons (Fsp3) is 0.625. The van der Waals surface area contributed by atoms with Crippen LogP contribution in [0.4, 0.5) is 11.4 Å². The number of anilines is 2. The first-order valence-corrected chi connectivity index (χ1v) is 7.08. The lowest BCUT2D eigenvalue weighted by molar-refractivity contribution is 0.281. The SMILES string of the molecule is CC1CC(C)CC(Nc2ccc(N(C)C)cc2)C1. The molecular weight excluding hydrogens is 220 g/mol. The Bertz CT molecular complexity index is 359. The molecule has 1 aliphatic rings. The number of rotatable bonds is 3. The van der Waals surface area contributed by atoms with Crippen LogP contribution in [0, 0.1) is 11.8 Å². The molecule has 1 fully saturated rings. The van der Waals surface area contributed by atoms with E-state index in [1.807, 2.05) is 0 Å². The summed E-state index contributed by atoms with van der Waals surface area (Å²) in [6, 6.07) is 9.39. The molecule has 0 bridgehead atoms. The normalized spacial score (nSPS) is 27.9. The maximum atomic E-state index is 3.69. The van der Waals surface area contributed by atoms with Gasteiger partial charge in [-0.2, -0.15) is 0 Å². The van der Waals surface area contributed by atoms with Gasteiger partial charge in [0.1, 0.15) is 0 Å². The summed E-state index contributed by atoms with van der Waals surface area (Å²) in [5.74, 6) is 1.71. The predicted molar refractivity (Wildman–Crippen MR) is 80.4 cm³/mol. The van der Waals surface area contributed by atoms with Gasteiger partial charge in [-0.1, -0.05) is 13.8 Å². The van der Waals surface area contributed by atoms with E-state index in [9.17, 15) is 0 Å². The number of nitrogens with zero attached hydrogens (tertiary/aromatic N) is 1. The molecule has 2 atom stereocenters. The third-order valence-electron chi connectivity index (χ3n) is 3.93. The number of benzene rings is 1. The van der Waals surface area contributed by atoms with Gasteiger partial charge >= 0.3 is 0 Å². The van der Waals surface area contributed by atoms with E-state index in [0.717, 1.165) is 11.8 Å². The van der Waals surface area contributed by atoms with Gasteiger partial charge in [0, 0.05) is 31.5 Å². The van der Waals surface area contributed by atoms with Crippen molar-refractivity contribution in [2.24, 2.45) is 11.8 Å². The first kappa shape index (κ1) is 13.3. The Morgan fingerprint density at radius 1 is 0.944 bits per heavy atom. The first-order chi connectivity index (χ1) is 8.54. The van der Waals surface area contributed by atoms with Crippen LogP contribution >= 0.6 is 0 Å². The molecule has 0 amide bonds. The van der Waals surface area contributed by atoms with Gasteiger partial charge in [0.15, 0.2) is 0 Å². The maximum Gasteiger partial charge on any atom is 0.0362 e.